The van der Waals surface area contributed by atoms with E-state index in [9.17, 15) is 14.4 Å². The smallest absolute Gasteiger partial charge is 0.329 e. The van der Waals surface area contributed by atoms with Gasteiger partial charge < -0.3 is 4.84 Å². The third kappa shape index (κ3) is 2.74. The van der Waals surface area contributed by atoms with Crippen LogP contribution in [0.2, 0.25) is 0 Å². The molecule has 1 aliphatic heterocycles. The van der Waals surface area contributed by atoms with E-state index in [2.05, 4.69) is 0 Å². The van der Waals surface area contributed by atoms with Gasteiger partial charge in [0.1, 0.15) is 0 Å². The standard InChI is InChI=1S/C22H21NO4/c1-15-9-3-6-12-18(15)22(13-7-2-8-14-22)21(26)27-23-19(24)16-10-4-5-11-17(16)20(23)25/h3-6,9-12H,2,7-8,13-14H2,1H3. The van der Waals surface area contributed by atoms with Crippen LogP contribution in [0.5, 0.6) is 0 Å². The number of carbonyl (C=O) groups is 3. The highest BCUT2D eigenvalue weighted by atomic mass is 16.7. The molecular formula is C22H21NO4. The average Bonchev–Trinajstić information content (AvgIpc) is 2.94. The van der Waals surface area contributed by atoms with Crippen LogP contribution in [0.3, 0.4) is 0 Å². The van der Waals surface area contributed by atoms with Crippen molar-refractivity contribution in [2.24, 2.45) is 0 Å². The molecule has 2 amide bonds. The van der Waals surface area contributed by atoms with Crippen molar-refractivity contribution in [1.82, 2.24) is 5.06 Å². The topological polar surface area (TPSA) is 63.7 Å². The predicted molar refractivity (Wildman–Crippen MR) is 99.0 cm³/mol. The average molecular weight is 363 g/mol. The van der Waals surface area contributed by atoms with E-state index in [1.807, 2.05) is 31.2 Å². The van der Waals surface area contributed by atoms with Crippen molar-refractivity contribution in [3.8, 4) is 0 Å². The Morgan fingerprint density at radius 1 is 0.889 bits per heavy atom. The highest BCUT2D eigenvalue weighted by molar-refractivity contribution is 6.21. The Hall–Kier alpha value is -2.95. The summed E-state index contributed by atoms with van der Waals surface area (Å²) in [5.74, 6) is -1.69. The first-order chi connectivity index (χ1) is 13.0. The van der Waals surface area contributed by atoms with Crippen LogP contribution in [0.25, 0.3) is 0 Å². The van der Waals surface area contributed by atoms with Crippen LogP contribution in [-0.2, 0) is 15.0 Å². The Bertz CT molecular complexity index is 892. The van der Waals surface area contributed by atoms with Crippen molar-refractivity contribution in [2.75, 3.05) is 0 Å². The largest absolute Gasteiger partial charge is 0.343 e. The van der Waals surface area contributed by atoms with Crippen molar-refractivity contribution in [3.05, 3.63) is 70.8 Å². The van der Waals surface area contributed by atoms with Gasteiger partial charge in [-0.25, -0.2) is 4.79 Å². The normalized spacial score (nSPS) is 18.3. The summed E-state index contributed by atoms with van der Waals surface area (Å²) >= 11 is 0. The van der Waals surface area contributed by atoms with Crippen molar-refractivity contribution < 1.29 is 19.2 Å². The first-order valence-corrected chi connectivity index (χ1v) is 9.31. The van der Waals surface area contributed by atoms with E-state index in [-0.39, 0.29) is 11.1 Å². The lowest BCUT2D eigenvalue weighted by molar-refractivity contribution is -0.177. The molecule has 1 fully saturated rings. The number of carbonyl (C=O) groups excluding carboxylic acids is 3. The molecule has 0 aromatic heterocycles. The molecule has 0 bridgehead atoms. The fraction of sp³-hybridized carbons (Fsp3) is 0.318. The highest BCUT2D eigenvalue weighted by Crippen LogP contribution is 2.42. The van der Waals surface area contributed by atoms with Gasteiger partial charge in [0.25, 0.3) is 11.8 Å². The minimum atomic E-state index is -0.821. The van der Waals surface area contributed by atoms with Gasteiger partial charge in [-0.1, -0.05) is 60.7 Å². The van der Waals surface area contributed by atoms with Crippen molar-refractivity contribution in [3.63, 3.8) is 0 Å². The van der Waals surface area contributed by atoms with Gasteiger partial charge in [0.05, 0.1) is 16.5 Å². The van der Waals surface area contributed by atoms with Crippen LogP contribution < -0.4 is 0 Å². The maximum atomic E-state index is 13.3. The minimum absolute atomic E-state index is 0.267. The number of fused-ring (bicyclic) bond motifs is 1. The van der Waals surface area contributed by atoms with Gasteiger partial charge in [0.15, 0.2) is 0 Å². The van der Waals surface area contributed by atoms with Gasteiger partial charge in [-0.2, -0.15) is 0 Å². The SMILES string of the molecule is Cc1ccccc1C1(C(=O)ON2C(=O)c3ccccc3C2=O)CCCCC1. The first-order valence-electron chi connectivity index (χ1n) is 9.31. The molecule has 5 heteroatoms. The zero-order valence-electron chi connectivity index (χ0n) is 15.2. The van der Waals surface area contributed by atoms with Crippen LogP contribution in [0.15, 0.2) is 48.5 Å². The summed E-state index contributed by atoms with van der Waals surface area (Å²) in [6, 6.07) is 14.3. The second-order valence-corrected chi connectivity index (χ2v) is 7.29. The van der Waals surface area contributed by atoms with E-state index in [0.29, 0.717) is 17.9 Å². The molecule has 0 radical (unpaired) electrons. The summed E-state index contributed by atoms with van der Waals surface area (Å²) < 4.78 is 0. The lowest BCUT2D eigenvalue weighted by Crippen LogP contribution is -2.44. The zero-order chi connectivity index (χ0) is 19.0. The van der Waals surface area contributed by atoms with Crippen LogP contribution in [0.4, 0.5) is 0 Å². The summed E-state index contributed by atoms with van der Waals surface area (Å²) in [6.07, 6.45) is 4.19. The van der Waals surface area contributed by atoms with Crippen LogP contribution in [0, 0.1) is 6.92 Å². The fourth-order valence-electron chi connectivity index (χ4n) is 4.27. The van der Waals surface area contributed by atoms with Gasteiger partial charge in [0, 0.05) is 0 Å². The minimum Gasteiger partial charge on any atom is -0.329 e. The Morgan fingerprint density at radius 3 is 2.04 bits per heavy atom. The van der Waals surface area contributed by atoms with E-state index in [0.717, 1.165) is 30.4 Å². The molecule has 0 saturated heterocycles. The molecule has 2 aromatic rings. The molecule has 2 aromatic carbocycles. The van der Waals surface area contributed by atoms with E-state index in [1.54, 1.807) is 24.3 Å². The summed E-state index contributed by atoms with van der Waals surface area (Å²) in [5.41, 5.74) is 1.65. The molecule has 2 aliphatic rings. The fourth-order valence-corrected chi connectivity index (χ4v) is 4.27. The lowest BCUT2D eigenvalue weighted by Gasteiger charge is -2.36. The molecule has 0 atom stereocenters. The Kier molecular flexibility index (Phi) is 4.30. The number of hydrogen-bond donors (Lipinski definition) is 0. The van der Waals surface area contributed by atoms with Gasteiger partial charge in [-0.05, 0) is 43.0 Å². The number of rotatable bonds is 3. The number of aryl methyl sites for hydroxylation is 1. The Morgan fingerprint density at radius 2 is 1.44 bits per heavy atom. The van der Waals surface area contributed by atoms with E-state index < -0.39 is 23.2 Å². The highest BCUT2D eigenvalue weighted by Gasteiger charge is 2.47. The second kappa shape index (κ2) is 6.65. The summed E-state index contributed by atoms with van der Waals surface area (Å²) in [4.78, 5) is 43.9. The zero-order valence-corrected chi connectivity index (χ0v) is 15.2. The monoisotopic (exact) mass is 363 g/mol. The Labute approximate surface area is 157 Å². The molecule has 1 saturated carbocycles. The molecule has 5 nitrogen and oxygen atoms in total. The van der Waals surface area contributed by atoms with Gasteiger partial charge in [-0.15, -0.1) is 0 Å². The van der Waals surface area contributed by atoms with Crippen molar-refractivity contribution >= 4 is 17.8 Å². The van der Waals surface area contributed by atoms with Gasteiger partial charge in [0.2, 0.25) is 0 Å². The number of nitrogens with zero attached hydrogens (tertiary/aromatic N) is 1. The maximum Gasteiger partial charge on any atom is 0.343 e. The van der Waals surface area contributed by atoms with Gasteiger partial charge >= 0.3 is 5.97 Å². The van der Waals surface area contributed by atoms with E-state index in [1.165, 1.54) is 0 Å². The summed E-state index contributed by atoms with van der Waals surface area (Å²) in [6.45, 7) is 1.97. The molecule has 0 unspecified atom stereocenters. The predicted octanol–water partition coefficient (Wildman–Crippen LogP) is 3.95. The van der Waals surface area contributed by atoms with Crippen LogP contribution >= 0.6 is 0 Å². The third-order valence-corrected chi connectivity index (χ3v) is 5.69. The molecule has 1 heterocycles. The second-order valence-electron chi connectivity index (χ2n) is 7.29. The van der Waals surface area contributed by atoms with Crippen LogP contribution in [0.1, 0.15) is 63.9 Å². The number of amides is 2. The molecule has 4 rings (SSSR count). The molecular weight excluding hydrogens is 342 g/mol. The van der Waals surface area contributed by atoms with Crippen molar-refractivity contribution in [1.29, 1.82) is 0 Å². The van der Waals surface area contributed by atoms with E-state index in [4.69, 9.17) is 4.84 Å². The van der Waals surface area contributed by atoms with Gasteiger partial charge in [-0.3, -0.25) is 9.59 Å². The van der Waals surface area contributed by atoms with E-state index >= 15 is 0 Å². The third-order valence-electron chi connectivity index (χ3n) is 5.69. The van der Waals surface area contributed by atoms with Crippen molar-refractivity contribution in [2.45, 2.75) is 44.4 Å². The first kappa shape index (κ1) is 17.5. The number of hydroxylamine groups is 2. The quantitative estimate of drug-likeness (QED) is 0.775. The molecule has 1 aliphatic carbocycles. The number of benzene rings is 2. The summed E-state index contributed by atoms with van der Waals surface area (Å²) in [7, 11) is 0. The Balaban J connectivity index is 1.67. The maximum absolute atomic E-state index is 13.3. The van der Waals surface area contributed by atoms with Crippen LogP contribution in [-0.4, -0.2) is 22.8 Å². The number of hydrogen-bond acceptors (Lipinski definition) is 4. The number of imide groups is 1. The molecule has 0 spiro atoms. The molecule has 27 heavy (non-hydrogen) atoms. The molecule has 138 valence electrons. The lowest BCUT2D eigenvalue weighted by atomic mass is 9.68. The molecule has 0 N–H and O–H groups in total. The summed E-state index contributed by atoms with van der Waals surface area (Å²) in [5, 5.41) is 0.627.